The summed E-state index contributed by atoms with van der Waals surface area (Å²) < 4.78 is 6.23. The number of hydrogen-bond donors (Lipinski definition) is 1. The number of nitrogens with two attached hydrogens (primary N) is 1. The van der Waals surface area contributed by atoms with Crippen molar-refractivity contribution in [2.45, 2.75) is 58.6 Å². The summed E-state index contributed by atoms with van der Waals surface area (Å²) in [6.45, 7) is 7.13. The van der Waals surface area contributed by atoms with E-state index in [2.05, 4.69) is 38.1 Å². The maximum atomic E-state index is 11.9. The summed E-state index contributed by atoms with van der Waals surface area (Å²) in [4.78, 5) is 11.9. The van der Waals surface area contributed by atoms with E-state index in [-0.39, 0.29) is 11.2 Å². The number of carbonyl (C=O) groups excluding carboxylic acids is 1. The van der Waals surface area contributed by atoms with Gasteiger partial charge in [0.05, 0.1) is 0 Å². The smallest absolute Gasteiger partial charge is 0.155 e. The zero-order valence-electron chi connectivity index (χ0n) is 16.7. The predicted molar refractivity (Wildman–Crippen MR) is 112 cm³/mol. The molecule has 0 amide bonds. The second-order valence-electron chi connectivity index (χ2n) is 6.79. The van der Waals surface area contributed by atoms with Crippen molar-refractivity contribution in [1.29, 1.82) is 0 Å². The van der Waals surface area contributed by atoms with Gasteiger partial charge in [0.2, 0.25) is 0 Å². The molecule has 0 unspecified atom stereocenters. The van der Waals surface area contributed by atoms with Gasteiger partial charge in [0.15, 0.2) is 5.78 Å². The van der Waals surface area contributed by atoms with Crippen LogP contribution in [0.5, 0.6) is 5.75 Å². The lowest BCUT2D eigenvalue weighted by molar-refractivity contribution is -0.114. The third kappa shape index (κ3) is 5.08. The Kier molecular flexibility index (Phi) is 7.81. The standard InChI is InChI=1S/C24H31NO2/c1-4-21(26)15-16-24(5-2,6-3)23-20(17-25)13-10-14-22(23)27-18-19-11-8-7-9-12-19/h7-16H,4-6,17-18,25H2,1-3H3/b16-15-. The van der Waals surface area contributed by atoms with Gasteiger partial charge >= 0.3 is 0 Å². The quantitative estimate of drug-likeness (QED) is 0.580. The van der Waals surface area contributed by atoms with E-state index in [9.17, 15) is 4.79 Å². The maximum Gasteiger partial charge on any atom is 0.155 e. The van der Waals surface area contributed by atoms with E-state index in [1.54, 1.807) is 6.08 Å². The molecule has 0 spiro atoms. The van der Waals surface area contributed by atoms with Gasteiger partial charge in [-0.15, -0.1) is 0 Å². The summed E-state index contributed by atoms with van der Waals surface area (Å²) in [5.41, 5.74) is 9.09. The van der Waals surface area contributed by atoms with Gasteiger partial charge in [0, 0.05) is 23.9 Å². The molecule has 0 saturated carbocycles. The van der Waals surface area contributed by atoms with Crippen LogP contribution in [0.4, 0.5) is 0 Å². The first-order chi connectivity index (χ1) is 13.1. The maximum absolute atomic E-state index is 11.9. The molecule has 0 aliphatic rings. The topological polar surface area (TPSA) is 52.3 Å². The molecule has 0 saturated heterocycles. The van der Waals surface area contributed by atoms with E-state index in [1.165, 1.54) is 0 Å². The summed E-state index contributed by atoms with van der Waals surface area (Å²) in [5.74, 6) is 0.984. The Morgan fingerprint density at radius 1 is 1.04 bits per heavy atom. The van der Waals surface area contributed by atoms with Crippen LogP contribution in [0.2, 0.25) is 0 Å². The zero-order chi connectivity index (χ0) is 19.7. The van der Waals surface area contributed by atoms with Gasteiger partial charge in [0.25, 0.3) is 0 Å². The van der Waals surface area contributed by atoms with E-state index in [1.807, 2.05) is 37.3 Å². The predicted octanol–water partition coefficient (Wildman–Crippen LogP) is 5.32. The highest BCUT2D eigenvalue weighted by Crippen LogP contribution is 2.41. The van der Waals surface area contributed by atoms with Crippen LogP contribution < -0.4 is 10.5 Å². The normalized spacial score (nSPS) is 11.7. The van der Waals surface area contributed by atoms with Gasteiger partial charge < -0.3 is 10.5 Å². The van der Waals surface area contributed by atoms with Crippen LogP contribution in [0, 0.1) is 0 Å². The van der Waals surface area contributed by atoms with Crippen LogP contribution in [0.3, 0.4) is 0 Å². The van der Waals surface area contributed by atoms with Crippen molar-refractivity contribution in [2.75, 3.05) is 0 Å². The first-order valence-electron chi connectivity index (χ1n) is 9.81. The lowest BCUT2D eigenvalue weighted by Crippen LogP contribution is -2.26. The summed E-state index contributed by atoms with van der Waals surface area (Å²) in [6.07, 6.45) is 6.03. The lowest BCUT2D eigenvalue weighted by Gasteiger charge is -2.33. The number of rotatable bonds is 10. The minimum absolute atomic E-state index is 0.137. The molecular formula is C24H31NO2. The molecule has 0 aliphatic heterocycles. The first-order valence-corrected chi connectivity index (χ1v) is 9.81. The number of ketones is 1. The van der Waals surface area contributed by atoms with Crippen LogP contribution in [0.25, 0.3) is 0 Å². The van der Waals surface area contributed by atoms with Crippen molar-refractivity contribution < 1.29 is 9.53 Å². The molecule has 0 fully saturated rings. The third-order valence-electron chi connectivity index (χ3n) is 5.27. The van der Waals surface area contributed by atoms with E-state index >= 15 is 0 Å². The number of benzene rings is 2. The largest absolute Gasteiger partial charge is 0.489 e. The molecule has 0 aromatic heterocycles. The van der Waals surface area contributed by atoms with E-state index in [0.717, 1.165) is 35.3 Å². The molecule has 0 bridgehead atoms. The van der Waals surface area contributed by atoms with Crippen LogP contribution >= 0.6 is 0 Å². The molecule has 3 nitrogen and oxygen atoms in total. The van der Waals surface area contributed by atoms with Crippen LogP contribution in [0.1, 0.15) is 56.7 Å². The van der Waals surface area contributed by atoms with Gasteiger partial charge in [-0.25, -0.2) is 0 Å². The second kappa shape index (κ2) is 10.1. The summed E-state index contributed by atoms with van der Waals surface area (Å²) >= 11 is 0. The highest BCUT2D eigenvalue weighted by Gasteiger charge is 2.31. The van der Waals surface area contributed by atoms with Gasteiger partial charge in [0.1, 0.15) is 12.4 Å². The Morgan fingerprint density at radius 3 is 2.33 bits per heavy atom. The summed E-state index contributed by atoms with van der Waals surface area (Å²) in [7, 11) is 0. The van der Waals surface area contributed by atoms with Gasteiger partial charge in [-0.2, -0.15) is 0 Å². The molecule has 3 heteroatoms. The SMILES string of the molecule is CCC(=O)/C=C\C(CC)(CC)c1c(CN)cccc1OCc1ccccc1. The van der Waals surface area contributed by atoms with E-state index in [4.69, 9.17) is 10.5 Å². The molecule has 2 N–H and O–H groups in total. The Balaban J connectivity index is 2.47. The fourth-order valence-corrected chi connectivity index (χ4v) is 3.46. The molecule has 0 radical (unpaired) electrons. The van der Waals surface area contributed by atoms with Crippen LogP contribution in [-0.4, -0.2) is 5.78 Å². The number of hydrogen-bond acceptors (Lipinski definition) is 3. The van der Waals surface area contributed by atoms with Crippen molar-refractivity contribution in [3.05, 3.63) is 77.4 Å². The average Bonchev–Trinajstić information content (AvgIpc) is 2.74. The van der Waals surface area contributed by atoms with Gasteiger partial charge in [-0.05, 0) is 36.1 Å². The molecule has 144 valence electrons. The first kappa shape index (κ1) is 20.9. The lowest BCUT2D eigenvalue weighted by atomic mass is 9.73. The van der Waals surface area contributed by atoms with Gasteiger partial charge in [-0.1, -0.05) is 69.3 Å². The Labute approximate surface area is 163 Å². The minimum Gasteiger partial charge on any atom is -0.489 e. The molecule has 0 heterocycles. The van der Waals surface area contributed by atoms with Crippen LogP contribution in [0.15, 0.2) is 60.7 Å². The molecule has 0 aliphatic carbocycles. The molecule has 27 heavy (non-hydrogen) atoms. The Morgan fingerprint density at radius 2 is 1.74 bits per heavy atom. The molecular weight excluding hydrogens is 334 g/mol. The minimum atomic E-state index is -0.271. The summed E-state index contributed by atoms with van der Waals surface area (Å²) in [5, 5.41) is 0. The monoisotopic (exact) mass is 365 g/mol. The molecule has 2 aromatic rings. The fraction of sp³-hybridized carbons (Fsp3) is 0.375. The van der Waals surface area contributed by atoms with Gasteiger partial charge in [-0.3, -0.25) is 4.79 Å². The Bertz CT molecular complexity index is 761. The van der Waals surface area contributed by atoms with Crippen molar-refractivity contribution in [3.8, 4) is 5.75 Å². The number of ether oxygens (including phenoxy) is 1. The van der Waals surface area contributed by atoms with E-state index in [0.29, 0.717) is 19.6 Å². The molecule has 2 rings (SSSR count). The highest BCUT2D eigenvalue weighted by atomic mass is 16.5. The molecule has 2 aromatic carbocycles. The van der Waals surface area contributed by atoms with E-state index < -0.39 is 0 Å². The zero-order valence-corrected chi connectivity index (χ0v) is 16.7. The number of allylic oxidation sites excluding steroid dienone is 2. The Hall–Kier alpha value is -2.39. The average molecular weight is 366 g/mol. The van der Waals surface area contributed by atoms with Crippen molar-refractivity contribution in [3.63, 3.8) is 0 Å². The number of carbonyl (C=O) groups is 1. The molecule has 0 atom stereocenters. The summed E-state index contributed by atoms with van der Waals surface area (Å²) in [6, 6.07) is 16.2. The van der Waals surface area contributed by atoms with Crippen molar-refractivity contribution in [1.82, 2.24) is 0 Å². The third-order valence-corrected chi connectivity index (χ3v) is 5.27. The fourth-order valence-electron chi connectivity index (χ4n) is 3.46. The van der Waals surface area contributed by atoms with Crippen LogP contribution in [-0.2, 0) is 23.4 Å². The van der Waals surface area contributed by atoms with Crippen molar-refractivity contribution >= 4 is 5.78 Å². The second-order valence-corrected chi connectivity index (χ2v) is 6.79. The van der Waals surface area contributed by atoms with Crippen molar-refractivity contribution in [2.24, 2.45) is 5.73 Å². The highest BCUT2D eigenvalue weighted by molar-refractivity contribution is 5.89.